The molecule has 8 heteroatoms. The van der Waals surface area contributed by atoms with Crippen molar-refractivity contribution in [1.82, 2.24) is 16.0 Å². The van der Waals surface area contributed by atoms with Gasteiger partial charge in [-0.1, -0.05) is 30.1 Å². The number of benzene rings is 1. The summed E-state index contributed by atoms with van der Waals surface area (Å²) in [6.07, 6.45) is 0.991. The van der Waals surface area contributed by atoms with Crippen molar-refractivity contribution in [3.63, 3.8) is 0 Å². The van der Waals surface area contributed by atoms with E-state index in [1.807, 2.05) is 6.92 Å². The van der Waals surface area contributed by atoms with Crippen molar-refractivity contribution < 1.29 is 4.79 Å². The molecule has 0 bridgehead atoms. The van der Waals surface area contributed by atoms with E-state index in [0.29, 0.717) is 28.7 Å². The summed E-state index contributed by atoms with van der Waals surface area (Å²) in [5.41, 5.74) is 0.487. The van der Waals surface area contributed by atoms with Crippen molar-refractivity contribution in [1.29, 1.82) is 0 Å². The average Bonchev–Trinajstić information content (AvgIpc) is 2.51. The molecule has 0 aliphatic carbocycles. The molecule has 0 atom stereocenters. The Morgan fingerprint density at radius 3 is 2.39 bits per heavy atom. The molecule has 1 amide bonds. The Balaban J connectivity index is 0.00000484. The lowest BCUT2D eigenvalue weighted by Crippen LogP contribution is -2.41. The zero-order valence-electron chi connectivity index (χ0n) is 13.3. The molecular formula is C15H23Cl2IN4O. The molecule has 0 spiro atoms. The second-order valence-electron chi connectivity index (χ2n) is 4.57. The number of carbonyl (C=O) groups is 1. The third-order valence-corrected chi connectivity index (χ3v) is 3.46. The fourth-order valence-electron chi connectivity index (χ4n) is 1.66. The minimum absolute atomic E-state index is 0. The van der Waals surface area contributed by atoms with Crippen molar-refractivity contribution >= 4 is 59.0 Å². The van der Waals surface area contributed by atoms with Crippen LogP contribution in [0, 0.1) is 0 Å². The molecule has 0 heterocycles. The summed E-state index contributed by atoms with van der Waals surface area (Å²) in [5, 5.41) is 9.92. The van der Waals surface area contributed by atoms with E-state index in [1.165, 1.54) is 0 Å². The lowest BCUT2D eigenvalue weighted by Gasteiger charge is -2.11. The minimum atomic E-state index is -0.184. The topological polar surface area (TPSA) is 65.5 Å². The van der Waals surface area contributed by atoms with E-state index in [1.54, 1.807) is 18.2 Å². The molecule has 0 saturated carbocycles. The first-order valence-electron chi connectivity index (χ1n) is 7.33. The predicted octanol–water partition coefficient (Wildman–Crippen LogP) is 3.31. The molecule has 1 aromatic carbocycles. The van der Waals surface area contributed by atoms with Gasteiger partial charge in [0.05, 0.1) is 10.0 Å². The van der Waals surface area contributed by atoms with Crippen molar-refractivity contribution in [2.45, 2.75) is 20.3 Å². The molecule has 0 aromatic heterocycles. The van der Waals surface area contributed by atoms with Crippen LogP contribution in [0.4, 0.5) is 0 Å². The fraction of sp³-hybridized carbons (Fsp3) is 0.467. The number of halogens is 3. The van der Waals surface area contributed by atoms with Gasteiger partial charge in [-0.05, 0) is 31.5 Å². The summed E-state index contributed by atoms with van der Waals surface area (Å²) in [4.78, 5) is 16.3. The van der Waals surface area contributed by atoms with Crippen LogP contribution in [0.5, 0.6) is 0 Å². The zero-order chi connectivity index (χ0) is 16.4. The van der Waals surface area contributed by atoms with Gasteiger partial charge in [-0.15, -0.1) is 24.0 Å². The summed E-state index contributed by atoms with van der Waals surface area (Å²) in [5.74, 6) is 0.573. The molecule has 0 fully saturated rings. The van der Waals surface area contributed by atoms with Gasteiger partial charge >= 0.3 is 0 Å². The molecule has 3 N–H and O–H groups in total. The number of hydrogen-bond acceptors (Lipinski definition) is 2. The Hall–Kier alpha value is -0.730. The lowest BCUT2D eigenvalue weighted by molar-refractivity contribution is 0.0954. The van der Waals surface area contributed by atoms with Crippen LogP contribution in [0.2, 0.25) is 10.0 Å². The SMILES string of the molecule is CCCN=C(NCC)NCCNC(=O)c1ccc(Cl)c(Cl)c1.I. The summed E-state index contributed by atoms with van der Waals surface area (Å²) in [7, 11) is 0. The normalized spacial score (nSPS) is 10.7. The first kappa shape index (κ1) is 22.3. The highest BCUT2D eigenvalue weighted by atomic mass is 127. The first-order chi connectivity index (χ1) is 10.6. The Morgan fingerprint density at radius 2 is 1.78 bits per heavy atom. The highest BCUT2D eigenvalue weighted by Gasteiger charge is 2.07. The maximum atomic E-state index is 12.0. The number of hydrogen-bond donors (Lipinski definition) is 3. The van der Waals surface area contributed by atoms with E-state index in [-0.39, 0.29) is 29.9 Å². The lowest BCUT2D eigenvalue weighted by atomic mass is 10.2. The molecular weight excluding hydrogens is 450 g/mol. The van der Waals surface area contributed by atoms with Gasteiger partial charge in [-0.25, -0.2) is 0 Å². The Morgan fingerprint density at radius 1 is 1.09 bits per heavy atom. The van der Waals surface area contributed by atoms with E-state index < -0.39 is 0 Å². The predicted molar refractivity (Wildman–Crippen MR) is 108 cm³/mol. The van der Waals surface area contributed by atoms with Gasteiger partial charge in [0.2, 0.25) is 0 Å². The maximum absolute atomic E-state index is 12.0. The number of rotatable bonds is 7. The third kappa shape index (κ3) is 8.62. The van der Waals surface area contributed by atoms with Crippen LogP contribution in [0.1, 0.15) is 30.6 Å². The highest BCUT2D eigenvalue weighted by molar-refractivity contribution is 14.0. The molecule has 1 rings (SSSR count). The highest BCUT2D eigenvalue weighted by Crippen LogP contribution is 2.22. The monoisotopic (exact) mass is 472 g/mol. The second kappa shape index (κ2) is 12.7. The van der Waals surface area contributed by atoms with Gasteiger partial charge in [-0.3, -0.25) is 9.79 Å². The van der Waals surface area contributed by atoms with E-state index in [0.717, 1.165) is 25.5 Å². The maximum Gasteiger partial charge on any atom is 0.251 e. The smallest absolute Gasteiger partial charge is 0.251 e. The largest absolute Gasteiger partial charge is 0.357 e. The van der Waals surface area contributed by atoms with Crippen molar-refractivity contribution in [3.8, 4) is 0 Å². The number of carbonyl (C=O) groups excluding carboxylic acids is 1. The second-order valence-corrected chi connectivity index (χ2v) is 5.39. The van der Waals surface area contributed by atoms with Crippen molar-refractivity contribution in [2.24, 2.45) is 4.99 Å². The quantitative estimate of drug-likeness (QED) is 0.247. The first-order valence-corrected chi connectivity index (χ1v) is 8.09. The molecule has 0 aliphatic rings. The fourth-order valence-corrected chi connectivity index (χ4v) is 1.96. The summed E-state index contributed by atoms with van der Waals surface area (Å²) < 4.78 is 0. The van der Waals surface area contributed by atoms with Crippen molar-refractivity contribution in [3.05, 3.63) is 33.8 Å². The Bertz CT molecular complexity index is 526. The molecule has 0 unspecified atom stereocenters. The molecule has 0 saturated heterocycles. The van der Waals surface area contributed by atoms with Gasteiger partial charge in [0.25, 0.3) is 5.91 Å². The molecule has 1 aromatic rings. The van der Waals surface area contributed by atoms with Gasteiger partial charge in [0, 0.05) is 31.7 Å². The Labute approximate surface area is 164 Å². The molecule has 130 valence electrons. The van der Waals surface area contributed by atoms with Crippen LogP contribution in [0.15, 0.2) is 23.2 Å². The van der Waals surface area contributed by atoms with Crippen LogP contribution in [-0.2, 0) is 0 Å². The van der Waals surface area contributed by atoms with Crippen LogP contribution in [0.25, 0.3) is 0 Å². The minimum Gasteiger partial charge on any atom is -0.357 e. The number of nitrogens with zero attached hydrogens (tertiary/aromatic N) is 1. The number of amides is 1. The van der Waals surface area contributed by atoms with Crippen LogP contribution in [-0.4, -0.2) is 38.0 Å². The van der Waals surface area contributed by atoms with Crippen LogP contribution >= 0.6 is 47.2 Å². The number of aliphatic imine (C=N–C) groups is 1. The van der Waals surface area contributed by atoms with E-state index >= 15 is 0 Å². The van der Waals surface area contributed by atoms with Gasteiger partial charge in [0.1, 0.15) is 0 Å². The van der Waals surface area contributed by atoms with Gasteiger partial charge in [-0.2, -0.15) is 0 Å². The number of guanidine groups is 1. The van der Waals surface area contributed by atoms with Gasteiger partial charge < -0.3 is 16.0 Å². The summed E-state index contributed by atoms with van der Waals surface area (Å²) in [6.45, 7) is 6.72. The van der Waals surface area contributed by atoms with Crippen molar-refractivity contribution in [2.75, 3.05) is 26.2 Å². The van der Waals surface area contributed by atoms with E-state index in [4.69, 9.17) is 23.2 Å². The van der Waals surface area contributed by atoms with Crippen LogP contribution < -0.4 is 16.0 Å². The van der Waals surface area contributed by atoms with E-state index in [2.05, 4.69) is 27.9 Å². The number of nitrogens with one attached hydrogen (secondary N) is 3. The zero-order valence-corrected chi connectivity index (χ0v) is 17.1. The van der Waals surface area contributed by atoms with E-state index in [9.17, 15) is 4.79 Å². The average molecular weight is 473 g/mol. The van der Waals surface area contributed by atoms with Crippen LogP contribution in [0.3, 0.4) is 0 Å². The summed E-state index contributed by atoms with van der Waals surface area (Å²) in [6, 6.07) is 4.81. The third-order valence-electron chi connectivity index (χ3n) is 2.72. The molecule has 23 heavy (non-hydrogen) atoms. The Kier molecular flexibility index (Phi) is 12.3. The summed E-state index contributed by atoms with van der Waals surface area (Å²) >= 11 is 11.7. The molecule has 0 aliphatic heterocycles. The molecule has 5 nitrogen and oxygen atoms in total. The van der Waals surface area contributed by atoms with Gasteiger partial charge in [0.15, 0.2) is 5.96 Å². The molecule has 0 radical (unpaired) electrons. The standard InChI is InChI=1S/C15H22Cl2N4O.HI/c1-3-7-20-15(18-4-2)21-9-8-19-14(22)11-5-6-12(16)13(17)10-11;/h5-6,10H,3-4,7-9H2,1-2H3,(H,19,22)(H2,18,20,21);1H.